The van der Waals surface area contributed by atoms with Crippen LogP contribution in [0.4, 0.5) is 0 Å². The second kappa shape index (κ2) is 10.2. The van der Waals surface area contributed by atoms with Gasteiger partial charge in [-0.25, -0.2) is 0 Å². The van der Waals surface area contributed by atoms with E-state index < -0.39 is 11.5 Å². The number of rotatable bonds is 12. The number of carboxylic acids is 1. The third kappa shape index (κ3) is 7.50. The number of ether oxygens (including phenoxy) is 1. The predicted molar refractivity (Wildman–Crippen MR) is 77.6 cm³/mol. The number of nitrogens with one attached hydrogen (secondary N) is 1. The van der Waals surface area contributed by atoms with Gasteiger partial charge in [-0.2, -0.15) is 0 Å². The standard InChI is InChI=1S/C14H30N2O3/c1-5-9-15-14(4,13(17)18)8-10-16(6-2)11-12-19-7-3/h15H,5-12H2,1-4H3,(H,17,18). The van der Waals surface area contributed by atoms with Crippen molar-refractivity contribution in [3.63, 3.8) is 0 Å². The summed E-state index contributed by atoms with van der Waals surface area (Å²) in [6, 6.07) is 0. The zero-order valence-corrected chi connectivity index (χ0v) is 12.9. The number of nitrogens with zero attached hydrogens (tertiary/aromatic N) is 1. The van der Waals surface area contributed by atoms with Gasteiger partial charge in [0.15, 0.2) is 0 Å². The van der Waals surface area contributed by atoms with Crippen LogP contribution in [-0.2, 0) is 9.53 Å². The molecule has 5 heteroatoms. The number of carboxylic acid groups (broad SMARTS) is 1. The quantitative estimate of drug-likeness (QED) is 0.529. The van der Waals surface area contributed by atoms with E-state index >= 15 is 0 Å². The van der Waals surface area contributed by atoms with Crippen LogP contribution in [0.1, 0.15) is 40.5 Å². The molecule has 0 heterocycles. The van der Waals surface area contributed by atoms with Crippen LogP contribution in [0.2, 0.25) is 0 Å². The van der Waals surface area contributed by atoms with Gasteiger partial charge in [0.25, 0.3) is 0 Å². The van der Waals surface area contributed by atoms with Gasteiger partial charge in [-0.15, -0.1) is 0 Å². The largest absolute Gasteiger partial charge is 0.480 e. The Morgan fingerprint density at radius 3 is 2.47 bits per heavy atom. The van der Waals surface area contributed by atoms with Crippen molar-refractivity contribution in [3.8, 4) is 0 Å². The fourth-order valence-corrected chi connectivity index (χ4v) is 1.82. The minimum atomic E-state index is -0.838. The maximum Gasteiger partial charge on any atom is 0.323 e. The summed E-state index contributed by atoms with van der Waals surface area (Å²) in [4.78, 5) is 13.6. The summed E-state index contributed by atoms with van der Waals surface area (Å²) in [5.74, 6) is -0.776. The highest BCUT2D eigenvalue weighted by Crippen LogP contribution is 2.11. The second-order valence-electron chi connectivity index (χ2n) is 4.95. The van der Waals surface area contributed by atoms with Gasteiger partial charge in [0.05, 0.1) is 6.61 Å². The monoisotopic (exact) mass is 274 g/mol. The van der Waals surface area contributed by atoms with Gasteiger partial charge in [-0.3, -0.25) is 4.79 Å². The molecule has 0 amide bonds. The molecule has 0 aromatic rings. The smallest absolute Gasteiger partial charge is 0.323 e. The summed E-state index contributed by atoms with van der Waals surface area (Å²) in [7, 11) is 0. The highest BCUT2D eigenvalue weighted by atomic mass is 16.5. The number of likely N-dealkylation sites (N-methyl/N-ethyl adjacent to an activating group) is 1. The summed E-state index contributed by atoms with van der Waals surface area (Å²) in [6.45, 7) is 12.6. The molecule has 1 unspecified atom stereocenters. The first-order chi connectivity index (χ1) is 9.00. The van der Waals surface area contributed by atoms with E-state index in [9.17, 15) is 9.90 Å². The molecule has 0 saturated heterocycles. The first kappa shape index (κ1) is 18.4. The van der Waals surface area contributed by atoms with Crippen LogP contribution in [0.5, 0.6) is 0 Å². The number of hydrogen-bond acceptors (Lipinski definition) is 4. The van der Waals surface area contributed by atoms with Crippen molar-refractivity contribution in [2.75, 3.05) is 39.4 Å². The van der Waals surface area contributed by atoms with Gasteiger partial charge >= 0.3 is 5.97 Å². The molecule has 2 N–H and O–H groups in total. The Morgan fingerprint density at radius 2 is 2.00 bits per heavy atom. The van der Waals surface area contributed by atoms with Crippen LogP contribution >= 0.6 is 0 Å². The van der Waals surface area contributed by atoms with E-state index in [0.29, 0.717) is 13.0 Å². The lowest BCUT2D eigenvalue weighted by Gasteiger charge is -2.29. The molecule has 114 valence electrons. The number of aliphatic carboxylic acids is 1. The molecule has 0 fully saturated rings. The van der Waals surface area contributed by atoms with Crippen LogP contribution in [0.15, 0.2) is 0 Å². The molecular weight excluding hydrogens is 244 g/mol. The Kier molecular flexibility index (Phi) is 9.83. The van der Waals surface area contributed by atoms with E-state index in [-0.39, 0.29) is 0 Å². The second-order valence-corrected chi connectivity index (χ2v) is 4.95. The molecule has 0 aliphatic rings. The highest BCUT2D eigenvalue weighted by molar-refractivity contribution is 5.78. The van der Waals surface area contributed by atoms with Gasteiger partial charge in [0.1, 0.15) is 5.54 Å². The highest BCUT2D eigenvalue weighted by Gasteiger charge is 2.32. The molecule has 0 spiro atoms. The minimum absolute atomic E-state index is 0.600. The topological polar surface area (TPSA) is 61.8 Å². The van der Waals surface area contributed by atoms with Gasteiger partial charge < -0.3 is 20.1 Å². The summed E-state index contributed by atoms with van der Waals surface area (Å²) in [5.41, 5.74) is -0.838. The molecule has 1 atom stereocenters. The zero-order valence-electron chi connectivity index (χ0n) is 12.9. The Labute approximate surface area is 117 Å². The van der Waals surface area contributed by atoms with E-state index in [2.05, 4.69) is 17.1 Å². The minimum Gasteiger partial charge on any atom is -0.480 e. The van der Waals surface area contributed by atoms with Gasteiger partial charge in [-0.05, 0) is 39.8 Å². The molecule has 5 nitrogen and oxygen atoms in total. The lowest BCUT2D eigenvalue weighted by atomic mass is 9.97. The molecule has 0 aromatic carbocycles. The third-order valence-corrected chi connectivity index (χ3v) is 3.37. The lowest BCUT2D eigenvalue weighted by Crippen LogP contribution is -2.51. The Bertz CT molecular complexity index is 249. The van der Waals surface area contributed by atoms with Crippen molar-refractivity contribution in [1.29, 1.82) is 0 Å². The molecular formula is C14H30N2O3. The van der Waals surface area contributed by atoms with Crippen molar-refractivity contribution >= 4 is 5.97 Å². The van der Waals surface area contributed by atoms with Crippen molar-refractivity contribution in [3.05, 3.63) is 0 Å². The fourth-order valence-electron chi connectivity index (χ4n) is 1.82. The van der Waals surface area contributed by atoms with E-state index in [0.717, 1.165) is 39.2 Å². The summed E-state index contributed by atoms with van der Waals surface area (Å²) in [6.07, 6.45) is 1.53. The molecule has 0 aliphatic heterocycles. The normalized spacial score (nSPS) is 14.6. The Morgan fingerprint density at radius 1 is 1.32 bits per heavy atom. The molecule has 0 radical (unpaired) electrons. The van der Waals surface area contributed by atoms with Crippen LogP contribution in [-0.4, -0.2) is 60.9 Å². The van der Waals surface area contributed by atoms with Crippen LogP contribution in [0.25, 0.3) is 0 Å². The number of carbonyl (C=O) groups is 1. The van der Waals surface area contributed by atoms with E-state index in [1.807, 2.05) is 13.8 Å². The Balaban J connectivity index is 4.23. The van der Waals surface area contributed by atoms with E-state index in [4.69, 9.17) is 4.74 Å². The van der Waals surface area contributed by atoms with E-state index in [1.165, 1.54) is 0 Å². The van der Waals surface area contributed by atoms with Crippen molar-refractivity contribution in [2.24, 2.45) is 0 Å². The van der Waals surface area contributed by atoms with Gasteiger partial charge in [0.2, 0.25) is 0 Å². The SMILES string of the molecule is CCCNC(C)(CCN(CC)CCOCC)C(=O)O. The third-order valence-electron chi connectivity index (χ3n) is 3.37. The van der Waals surface area contributed by atoms with Crippen molar-refractivity contribution in [2.45, 2.75) is 46.1 Å². The molecule has 0 rings (SSSR count). The van der Waals surface area contributed by atoms with Gasteiger partial charge in [0, 0.05) is 19.7 Å². The first-order valence-electron chi connectivity index (χ1n) is 7.28. The lowest BCUT2D eigenvalue weighted by molar-refractivity contribution is -0.144. The molecule has 0 aliphatic carbocycles. The molecule has 19 heavy (non-hydrogen) atoms. The summed E-state index contributed by atoms with van der Waals surface area (Å²) >= 11 is 0. The van der Waals surface area contributed by atoms with Crippen molar-refractivity contribution < 1.29 is 14.6 Å². The summed E-state index contributed by atoms with van der Waals surface area (Å²) < 4.78 is 5.34. The molecule has 0 saturated carbocycles. The molecule has 0 aromatic heterocycles. The summed E-state index contributed by atoms with van der Waals surface area (Å²) in [5, 5.41) is 12.5. The van der Waals surface area contributed by atoms with Crippen LogP contribution < -0.4 is 5.32 Å². The number of hydrogen-bond donors (Lipinski definition) is 2. The average Bonchev–Trinajstić information content (AvgIpc) is 2.40. The zero-order chi connectivity index (χ0) is 14.7. The van der Waals surface area contributed by atoms with Crippen LogP contribution in [0.3, 0.4) is 0 Å². The maximum absolute atomic E-state index is 11.4. The Hall–Kier alpha value is -0.650. The molecule has 0 bridgehead atoms. The fraction of sp³-hybridized carbons (Fsp3) is 0.929. The van der Waals surface area contributed by atoms with Gasteiger partial charge in [-0.1, -0.05) is 13.8 Å². The predicted octanol–water partition coefficient (Wildman–Crippen LogP) is 1.58. The maximum atomic E-state index is 11.4. The van der Waals surface area contributed by atoms with E-state index in [1.54, 1.807) is 6.92 Å². The van der Waals surface area contributed by atoms with Crippen LogP contribution in [0, 0.1) is 0 Å². The first-order valence-corrected chi connectivity index (χ1v) is 7.28. The van der Waals surface area contributed by atoms with Crippen molar-refractivity contribution in [1.82, 2.24) is 10.2 Å². The average molecular weight is 274 g/mol.